The number of benzene rings is 1. The maximum absolute atomic E-state index is 12.1. The average molecular weight is 298 g/mol. The first-order valence-electron chi connectivity index (χ1n) is 5.54. The van der Waals surface area contributed by atoms with Gasteiger partial charge in [0.2, 0.25) is 15.3 Å². The number of nitrogens with one attached hydrogen (secondary N) is 1. The molecule has 1 heterocycles. The van der Waals surface area contributed by atoms with Crippen LogP contribution in [0.3, 0.4) is 0 Å². The van der Waals surface area contributed by atoms with Gasteiger partial charge in [-0.2, -0.15) is 0 Å². The van der Waals surface area contributed by atoms with Gasteiger partial charge in [0.05, 0.1) is 12.4 Å². The van der Waals surface area contributed by atoms with Crippen LogP contribution in [0.1, 0.15) is 18.5 Å². The van der Waals surface area contributed by atoms with Gasteiger partial charge in [0.25, 0.3) is 0 Å². The van der Waals surface area contributed by atoms with Gasteiger partial charge in [-0.05, 0) is 24.1 Å². The zero-order valence-corrected chi connectivity index (χ0v) is 11.7. The number of halogens is 1. The fourth-order valence-corrected chi connectivity index (χ4v) is 2.77. The van der Waals surface area contributed by atoms with E-state index in [1.54, 1.807) is 6.92 Å². The highest BCUT2D eigenvalue weighted by atomic mass is 35.5. The predicted octanol–water partition coefficient (Wildman–Crippen LogP) is 2.17. The second kappa shape index (κ2) is 5.64. The van der Waals surface area contributed by atoms with Crippen LogP contribution in [-0.2, 0) is 10.0 Å². The molecule has 1 aromatic carbocycles. The Kier molecular flexibility index (Phi) is 4.14. The van der Waals surface area contributed by atoms with E-state index in [9.17, 15) is 8.42 Å². The van der Waals surface area contributed by atoms with Crippen molar-refractivity contribution in [1.82, 2.24) is 14.7 Å². The lowest BCUT2D eigenvalue weighted by Gasteiger charge is -2.14. The largest absolute Gasteiger partial charge is 0.244 e. The van der Waals surface area contributed by atoms with Crippen molar-refractivity contribution in [3.63, 3.8) is 0 Å². The average Bonchev–Trinajstić information content (AvgIpc) is 2.40. The molecule has 0 radical (unpaired) electrons. The van der Waals surface area contributed by atoms with Crippen LogP contribution in [0.25, 0.3) is 0 Å². The molecule has 0 saturated carbocycles. The lowest BCUT2D eigenvalue weighted by molar-refractivity contribution is 0.566. The number of nitrogens with zero attached hydrogens (tertiary/aromatic N) is 2. The van der Waals surface area contributed by atoms with Gasteiger partial charge in [0.1, 0.15) is 4.90 Å². The van der Waals surface area contributed by atoms with Gasteiger partial charge in [0.15, 0.2) is 0 Å². The van der Waals surface area contributed by atoms with E-state index in [1.165, 1.54) is 12.4 Å². The Morgan fingerprint density at radius 1 is 1.16 bits per heavy atom. The standard InChI is InChI=1S/C12H12ClN3O2S/c1-9(10-5-3-2-4-6-10)16-19(17,18)11-7-14-12(13)15-8-11/h2-9,16H,1H3/t9-/m0/s1. The van der Waals surface area contributed by atoms with Crippen molar-refractivity contribution >= 4 is 21.6 Å². The first-order valence-corrected chi connectivity index (χ1v) is 7.40. The van der Waals surface area contributed by atoms with E-state index in [0.29, 0.717) is 0 Å². The van der Waals surface area contributed by atoms with Crippen molar-refractivity contribution in [3.05, 3.63) is 53.6 Å². The van der Waals surface area contributed by atoms with Gasteiger partial charge < -0.3 is 0 Å². The summed E-state index contributed by atoms with van der Waals surface area (Å²) in [6, 6.07) is 8.94. The van der Waals surface area contributed by atoms with Gasteiger partial charge >= 0.3 is 0 Å². The molecule has 0 bridgehead atoms. The molecule has 1 aromatic heterocycles. The first-order chi connectivity index (χ1) is 8.99. The Balaban J connectivity index is 2.20. The summed E-state index contributed by atoms with van der Waals surface area (Å²) in [4.78, 5) is 7.31. The third-order valence-corrected chi connectivity index (χ3v) is 4.23. The molecule has 0 saturated heterocycles. The Labute approximate surface area is 116 Å². The molecule has 0 aliphatic heterocycles. The van der Waals surface area contributed by atoms with Crippen LogP contribution in [0, 0.1) is 0 Å². The van der Waals surface area contributed by atoms with Crippen molar-refractivity contribution in [2.75, 3.05) is 0 Å². The van der Waals surface area contributed by atoms with Crippen LogP contribution in [0.15, 0.2) is 47.6 Å². The molecule has 2 aromatic rings. The minimum Gasteiger partial charge on any atom is -0.225 e. The molecule has 7 heteroatoms. The fraction of sp³-hybridized carbons (Fsp3) is 0.167. The van der Waals surface area contributed by atoms with Gasteiger partial charge in [-0.3, -0.25) is 0 Å². The summed E-state index contributed by atoms with van der Waals surface area (Å²) in [5.74, 6) is 0. The highest BCUT2D eigenvalue weighted by Gasteiger charge is 2.19. The maximum atomic E-state index is 12.1. The van der Waals surface area contributed by atoms with Gasteiger partial charge in [-0.25, -0.2) is 23.1 Å². The summed E-state index contributed by atoms with van der Waals surface area (Å²) in [7, 11) is -3.66. The SMILES string of the molecule is C[C@H](NS(=O)(=O)c1cnc(Cl)nc1)c1ccccc1. The summed E-state index contributed by atoms with van der Waals surface area (Å²) < 4.78 is 26.7. The lowest BCUT2D eigenvalue weighted by Crippen LogP contribution is -2.27. The van der Waals surface area contributed by atoms with Crippen LogP contribution in [0.4, 0.5) is 0 Å². The van der Waals surface area contributed by atoms with Crippen molar-refractivity contribution in [2.24, 2.45) is 0 Å². The van der Waals surface area contributed by atoms with E-state index in [0.717, 1.165) is 5.56 Å². The van der Waals surface area contributed by atoms with E-state index in [1.807, 2.05) is 30.3 Å². The van der Waals surface area contributed by atoms with Crippen LogP contribution in [0.2, 0.25) is 5.28 Å². The molecule has 100 valence electrons. The summed E-state index contributed by atoms with van der Waals surface area (Å²) in [5.41, 5.74) is 0.876. The normalized spacial score (nSPS) is 13.2. The third kappa shape index (κ3) is 3.50. The van der Waals surface area contributed by atoms with E-state index >= 15 is 0 Å². The number of rotatable bonds is 4. The molecule has 1 atom stereocenters. The molecule has 0 aliphatic rings. The number of hydrogen-bond donors (Lipinski definition) is 1. The smallest absolute Gasteiger partial charge is 0.225 e. The molecule has 1 N–H and O–H groups in total. The second-order valence-corrected chi connectivity index (χ2v) is 5.99. The monoisotopic (exact) mass is 297 g/mol. The summed E-state index contributed by atoms with van der Waals surface area (Å²) in [6.45, 7) is 1.77. The Morgan fingerprint density at radius 2 is 1.74 bits per heavy atom. The number of hydrogen-bond acceptors (Lipinski definition) is 4. The molecule has 0 spiro atoms. The molecular weight excluding hydrogens is 286 g/mol. The van der Waals surface area contributed by atoms with Crippen molar-refractivity contribution in [1.29, 1.82) is 0 Å². The molecule has 0 aliphatic carbocycles. The van der Waals surface area contributed by atoms with Gasteiger partial charge in [-0.1, -0.05) is 30.3 Å². The van der Waals surface area contributed by atoms with E-state index in [2.05, 4.69) is 14.7 Å². The van der Waals surface area contributed by atoms with Crippen LogP contribution in [0.5, 0.6) is 0 Å². The zero-order chi connectivity index (χ0) is 13.9. The highest BCUT2D eigenvalue weighted by Crippen LogP contribution is 2.16. The summed E-state index contributed by atoms with van der Waals surface area (Å²) in [5, 5.41) is 0.00931. The maximum Gasteiger partial charge on any atom is 0.244 e. The minimum atomic E-state index is -3.66. The van der Waals surface area contributed by atoms with E-state index < -0.39 is 10.0 Å². The number of sulfonamides is 1. The molecule has 5 nitrogen and oxygen atoms in total. The molecule has 2 rings (SSSR count). The van der Waals surface area contributed by atoms with Crippen molar-refractivity contribution < 1.29 is 8.42 Å². The summed E-state index contributed by atoms with van der Waals surface area (Å²) >= 11 is 5.53. The lowest BCUT2D eigenvalue weighted by atomic mass is 10.1. The molecule has 0 unspecified atom stereocenters. The van der Waals surface area contributed by atoms with Crippen LogP contribution in [-0.4, -0.2) is 18.4 Å². The first kappa shape index (κ1) is 13.9. The van der Waals surface area contributed by atoms with Crippen molar-refractivity contribution in [3.8, 4) is 0 Å². The highest BCUT2D eigenvalue weighted by molar-refractivity contribution is 7.89. The number of aromatic nitrogens is 2. The van der Waals surface area contributed by atoms with E-state index in [4.69, 9.17) is 11.6 Å². The Bertz CT molecular complexity index is 644. The molecule has 0 amide bonds. The van der Waals surface area contributed by atoms with Crippen LogP contribution >= 0.6 is 11.6 Å². The van der Waals surface area contributed by atoms with Gasteiger partial charge in [0, 0.05) is 6.04 Å². The molecule has 19 heavy (non-hydrogen) atoms. The predicted molar refractivity (Wildman–Crippen MR) is 72.2 cm³/mol. The Morgan fingerprint density at radius 3 is 2.32 bits per heavy atom. The minimum absolute atomic E-state index is 0.00931. The molecule has 0 fully saturated rings. The van der Waals surface area contributed by atoms with Crippen LogP contribution < -0.4 is 4.72 Å². The third-order valence-electron chi connectivity index (χ3n) is 2.54. The van der Waals surface area contributed by atoms with Crippen molar-refractivity contribution in [2.45, 2.75) is 17.9 Å². The van der Waals surface area contributed by atoms with E-state index in [-0.39, 0.29) is 16.2 Å². The topological polar surface area (TPSA) is 72.0 Å². The quantitative estimate of drug-likeness (QED) is 0.878. The Hall–Kier alpha value is -1.50. The zero-order valence-electron chi connectivity index (χ0n) is 10.1. The molecular formula is C12H12ClN3O2S. The van der Waals surface area contributed by atoms with Gasteiger partial charge in [-0.15, -0.1) is 0 Å². The second-order valence-electron chi connectivity index (χ2n) is 3.94. The summed E-state index contributed by atoms with van der Waals surface area (Å²) in [6.07, 6.45) is 2.35. The fourth-order valence-electron chi connectivity index (χ4n) is 1.55.